The van der Waals surface area contributed by atoms with Gasteiger partial charge in [0.1, 0.15) is 5.82 Å². The van der Waals surface area contributed by atoms with Gasteiger partial charge in [0.15, 0.2) is 0 Å². The van der Waals surface area contributed by atoms with Crippen LogP contribution in [0.5, 0.6) is 0 Å². The Bertz CT molecular complexity index is 434. The topological polar surface area (TPSA) is 28.7 Å². The predicted octanol–water partition coefficient (Wildman–Crippen LogP) is 4.93. The Hall–Kier alpha value is -1.57. The van der Waals surface area contributed by atoms with E-state index < -0.39 is 0 Å². The van der Waals surface area contributed by atoms with Crippen LogP contribution in [-0.2, 0) is 12.8 Å². The van der Waals surface area contributed by atoms with Crippen LogP contribution in [0.1, 0.15) is 56.3 Å². The predicted molar refractivity (Wildman–Crippen MR) is 84.8 cm³/mol. The Kier molecular flexibility index (Phi) is 6.94. The third kappa shape index (κ3) is 6.05. The molecule has 0 fully saturated rings. The summed E-state index contributed by atoms with van der Waals surface area (Å²) in [6, 6.07) is 10.8. The lowest BCUT2D eigenvalue weighted by Crippen LogP contribution is -1.89. The van der Waals surface area contributed by atoms with E-state index in [9.17, 15) is 0 Å². The molecule has 0 amide bonds. The fourth-order valence-electron chi connectivity index (χ4n) is 2.58. The van der Waals surface area contributed by atoms with Gasteiger partial charge < -0.3 is 4.98 Å². The second kappa shape index (κ2) is 9.35. The third-order valence-electron chi connectivity index (χ3n) is 3.78. The molecule has 2 heteroatoms. The molecule has 1 N–H and O–H groups in total. The van der Waals surface area contributed by atoms with Crippen molar-refractivity contribution in [2.24, 2.45) is 0 Å². The zero-order chi connectivity index (χ0) is 13.9. The number of rotatable bonds is 10. The molecule has 0 aliphatic heterocycles. The quantitative estimate of drug-likeness (QED) is 0.609. The number of hydrogen-bond donors (Lipinski definition) is 1. The van der Waals surface area contributed by atoms with Crippen LogP contribution in [0.3, 0.4) is 0 Å². The standard InChI is InChI=1S/C18H26N2/c1(3-5-10-14-18-19-15-16-20-18)2-4-7-11-17-12-8-6-9-13-17/h6,8-9,12-13,15-16H,1-5,7,10-11,14H2,(H,19,20). The Labute approximate surface area is 122 Å². The van der Waals surface area contributed by atoms with E-state index in [4.69, 9.17) is 0 Å². The molecule has 0 spiro atoms. The van der Waals surface area contributed by atoms with Crippen LogP contribution in [-0.4, -0.2) is 9.97 Å². The van der Waals surface area contributed by atoms with Gasteiger partial charge in [0.25, 0.3) is 0 Å². The number of H-pyrrole nitrogens is 1. The monoisotopic (exact) mass is 270 g/mol. The van der Waals surface area contributed by atoms with Crippen LogP contribution in [0.2, 0.25) is 0 Å². The summed E-state index contributed by atoms with van der Waals surface area (Å²) >= 11 is 0. The van der Waals surface area contributed by atoms with Gasteiger partial charge in [-0.15, -0.1) is 0 Å². The highest BCUT2D eigenvalue weighted by atomic mass is 14.9. The molecule has 2 nitrogen and oxygen atoms in total. The van der Waals surface area contributed by atoms with Crippen LogP contribution in [0.25, 0.3) is 0 Å². The molecule has 2 rings (SSSR count). The van der Waals surface area contributed by atoms with E-state index in [-0.39, 0.29) is 0 Å². The first-order chi connectivity index (χ1) is 9.95. The summed E-state index contributed by atoms with van der Waals surface area (Å²) < 4.78 is 0. The first-order valence-electron chi connectivity index (χ1n) is 7.97. The summed E-state index contributed by atoms with van der Waals surface area (Å²) in [5.41, 5.74) is 1.48. The number of nitrogens with one attached hydrogen (secondary N) is 1. The Morgan fingerprint density at radius 2 is 1.40 bits per heavy atom. The molecule has 1 heterocycles. The second-order valence-electron chi connectivity index (χ2n) is 5.50. The highest BCUT2D eigenvalue weighted by Crippen LogP contribution is 2.11. The Morgan fingerprint density at radius 1 is 0.750 bits per heavy atom. The van der Waals surface area contributed by atoms with Crippen molar-refractivity contribution in [2.75, 3.05) is 0 Å². The number of hydrogen-bond acceptors (Lipinski definition) is 1. The van der Waals surface area contributed by atoms with Crippen molar-refractivity contribution in [2.45, 2.75) is 57.8 Å². The fourth-order valence-corrected chi connectivity index (χ4v) is 2.58. The maximum absolute atomic E-state index is 4.25. The molecular weight excluding hydrogens is 244 g/mol. The summed E-state index contributed by atoms with van der Waals surface area (Å²) in [4.78, 5) is 7.41. The minimum Gasteiger partial charge on any atom is -0.349 e. The van der Waals surface area contributed by atoms with Crippen molar-refractivity contribution in [1.82, 2.24) is 9.97 Å². The molecule has 0 unspecified atom stereocenters. The zero-order valence-electron chi connectivity index (χ0n) is 12.4. The van der Waals surface area contributed by atoms with Crippen molar-refractivity contribution >= 4 is 0 Å². The lowest BCUT2D eigenvalue weighted by Gasteiger charge is -2.02. The van der Waals surface area contributed by atoms with Gasteiger partial charge in [-0.3, -0.25) is 0 Å². The summed E-state index contributed by atoms with van der Waals surface area (Å²) in [7, 11) is 0. The van der Waals surface area contributed by atoms with Gasteiger partial charge in [0, 0.05) is 18.8 Å². The molecule has 2 aromatic rings. The van der Waals surface area contributed by atoms with E-state index in [0.717, 1.165) is 12.2 Å². The highest BCUT2D eigenvalue weighted by molar-refractivity contribution is 5.14. The van der Waals surface area contributed by atoms with Gasteiger partial charge in [-0.05, 0) is 24.8 Å². The number of unbranched alkanes of at least 4 members (excludes halogenated alkanes) is 6. The molecular formula is C18H26N2. The van der Waals surface area contributed by atoms with Crippen LogP contribution in [0.4, 0.5) is 0 Å². The van der Waals surface area contributed by atoms with E-state index in [1.807, 2.05) is 12.4 Å². The maximum Gasteiger partial charge on any atom is 0.105 e. The van der Waals surface area contributed by atoms with Crippen molar-refractivity contribution in [3.63, 3.8) is 0 Å². The van der Waals surface area contributed by atoms with E-state index in [1.165, 1.54) is 56.9 Å². The number of aromatic nitrogens is 2. The van der Waals surface area contributed by atoms with Crippen LogP contribution >= 0.6 is 0 Å². The second-order valence-corrected chi connectivity index (χ2v) is 5.50. The summed E-state index contributed by atoms with van der Waals surface area (Å²) in [5, 5.41) is 0. The smallest absolute Gasteiger partial charge is 0.105 e. The van der Waals surface area contributed by atoms with Crippen LogP contribution in [0.15, 0.2) is 42.7 Å². The molecule has 108 valence electrons. The van der Waals surface area contributed by atoms with E-state index in [2.05, 4.69) is 40.3 Å². The van der Waals surface area contributed by atoms with Gasteiger partial charge in [0.05, 0.1) is 0 Å². The Morgan fingerprint density at radius 3 is 2.05 bits per heavy atom. The van der Waals surface area contributed by atoms with Gasteiger partial charge in [-0.1, -0.05) is 62.4 Å². The molecule has 0 saturated carbocycles. The first kappa shape index (κ1) is 14.8. The van der Waals surface area contributed by atoms with E-state index >= 15 is 0 Å². The van der Waals surface area contributed by atoms with Crippen LogP contribution < -0.4 is 0 Å². The van der Waals surface area contributed by atoms with E-state index in [0.29, 0.717) is 0 Å². The number of aromatic amines is 1. The molecule has 0 bridgehead atoms. The van der Waals surface area contributed by atoms with Gasteiger partial charge in [-0.2, -0.15) is 0 Å². The number of imidazole rings is 1. The maximum atomic E-state index is 4.25. The largest absolute Gasteiger partial charge is 0.349 e. The molecule has 1 aromatic carbocycles. The van der Waals surface area contributed by atoms with Crippen molar-refractivity contribution in [1.29, 1.82) is 0 Å². The van der Waals surface area contributed by atoms with Crippen molar-refractivity contribution in [3.8, 4) is 0 Å². The minimum absolute atomic E-state index is 1.10. The highest BCUT2D eigenvalue weighted by Gasteiger charge is 1.96. The number of nitrogens with zero attached hydrogens (tertiary/aromatic N) is 1. The summed E-state index contributed by atoms with van der Waals surface area (Å²) in [5.74, 6) is 1.13. The van der Waals surface area contributed by atoms with E-state index in [1.54, 1.807) is 0 Å². The Balaban J connectivity index is 1.39. The lowest BCUT2D eigenvalue weighted by atomic mass is 10.0. The normalized spacial score (nSPS) is 10.8. The average Bonchev–Trinajstić information content (AvgIpc) is 3.00. The molecule has 0 atom stereocenters. The number of aryl methyl sites for hydroxylation is 2. The SMILES string of the molecule is c1ccc(CCCCCCCCCc2ncc[nH]2)cc1. The molecule has 0 radical (unpaired) electrons. The van der Waals surface area contributed by atoms with Gasteiger partial charge >= 0.3 is 0 Å². The molecule has 20 heavy (non-hydrogen) atoms. The molecule has 0 saturated heterocycles. The van der Waals surface area contributed by atoms with Crippen molar-refractivity contribution in [3.05, 3.63) is 54.1 Å². The summed E-state index contributed by atoms with van der Waals surface area (Å²) in [6.45, 7) is 0. The minimum atomic E-state index is 1.10. The zero-order valence-corrected chi connectivity index (χ0v) is 12.4. The fraction of sp³-hybridized carbons (Fsp3) is 0.500. The van der Waals surface area contributed by atoms with Gasteiger partial charge in [-0.25, -0.2) is 4.98 Å². The van der Waals surface area contributed by atoms with Crippen LogP contribution in [0, 0.1) is 0 Å². The number of benzene rings is 1. The lowest BCUT2D eigenvalue weighted by molar-refractivity contribution is 0.576. The summed E-state index contributed by atoms with van der Waals surface area (Å²) in [6.07, 6.45) is 15.5. The first-order valence-corrected chi connectivity index (χ1v) is 7.97. The van der Waals surface area contributed by atoms with Crippen molar-refractivity contribution < 1.29 is 0 Å². The van der Waals surface area contributed by atoms with Gasteiger partial charge in [0.2, 0.25) is 0 Å². The molecule has 1 aromatic heterocycles. The average molecular weight is 270 g/mol. The molecule has 0 aliphatic rings. The third-order valence-corrected chi connectivity index (χ3v) is 3.78. The molecule has 0 aliphatic carbocycles.